The summed E-state index contributed by atoms with van der Waals surface area (Å²) in [5, 5.41) is 3.04. The molecular weight excluding hydrogens is 344 g/mol. The minimum Gasteiger partial charge on any atom is -0.321 e. The van der Waals surface area contributed by atoms with Crippen LogP contribution in [0.15, 0.2) is 36.4 Å². The molecule has 0 unspecified atom stereocenters. The van der Waals surface area contributed by atoms with E-state index in [-0.39, 0.29) is 11.7 Å². The molecule has 1 N–H and O–H groups in total. The molecule has 130 valence electrons. The van der Waals surface area contributed by atoms with Crippen LogP contribution >= 0.6 is 7.60 Å². The van der Waals surface area contributed by atoms with Gasteiger partial charge in [0.2, 0.25) is 0 Å². The molecule has 0 fully saturated rings. The molecule has 0 atom stereocenters. The van der Waals surface area contributed by atoms with Crippen molar-refractivity contribution in [2.75, 3.05) is 19.5 Å². The molecular formula is C18H17FNO4P. The van der Waals surface area contributed by atoms with Crippen LogP contribution in [0.1, 0.15) is 16.7 Å². The molecule has 5 nitrogen and oxygen atoms in total. The van der Waals surface area contributed by atoms with Crippen molar-refractivity contribution in [3.8, 4) is 0 Å². The first-order chi connectivity index (χ1) is 11.9. The van der Waals surface area contributed by atoms with Gasteiger partial charge >= 0.3 is 7.60 Å². The van der Waals surface area contributed by atoms with E-state index in [1.54, 1.807) is 24.3 Å². The third kappa shape index (κ3) is 3.16. The molecule has 1 amide bonds. The van der Waals surface area contributed by atoms with Gasteiger partial charge < -0.3 is 14.4 Å². The van der Waals surface area contributed by atoms with E-state index >= 15 is 0 Å². The maximum Gasteiger partial charge on any atom is 0.362 e. The predicted octanol–water partition coefficient (Wildman–Crippen LogP) is 3.74. The highest BCUT2D eigenvalue weighted by molar-refractivity contribution is 7.62. The average molecular weight is 361 g/mol. The number of anilines is 1. The number of carbonyl (C=O) groups excluding carboxylic acids is 1. The van der Waals surface area contributed by atoms with Crippen molar-refractivity contribution in [1.29, 1.82) is 0 Å². The molecule has 3 rings (SSSR count). The molecule has 0 saturated carbocycles. The largest absolute Gasteiger partial charge is 0.362 e. The summed E-state index contributed by atoms with van der Waals surface area (Å²) in [5.74, 6) is -0.678. The number of nitrogens with one attached hydrogen (secondary N) is 1. The van der Waals surface area contributed by atoms with E-state index in [1.807, 2.05) is 13.0 Å². The van der Waals surface area contributed by atoms with Gasteiger partial charge in [0.1, 0.15) is 5.82 Å². The van der Waals surface area contributed by atoms with Gasteiger partial charge in [-0.2, -0.15) is 0 Å². The Bertz CT molecular complexity index is 913. The van der Waals surface area contributed by atoms with Crippen LogP contribution in [0, 0.1) is 12.7 Å². The number of benzene rings is 2. The van der Waals surface area contributed by atoms with Crippen LogP contribution in [0.2, 0.25) is 0 Å². The van der Waals surface area contributed by atoms with Crippen molar-refractivity contribution < 1.29 is 22.8 Å². The zero-order chi connectivity index (χ0) is 18.2. The molecule has 0 radical (unpaired) electrons. The Morgan fingerprint density at radius 1 is 1.12 bits per heavy atom. The van der Waals surface area contributed by atoms with Crippen LogP contribution in [0.5, 0.6) is 0 Å². The van der Waals surface area contributed by atoms with Crippen LogP contribution in [0.3, 0.4) is 0 Å². The van der Waals surface area contributed by atoms with E-state index in [2.05, 4.69) is 5.32 Å². The van der Waals surface area contributed by atoms with Crippen molar-refractivity contribution in [3.05, 3.63) is 58.9 Å². The topological polar surface area (TPSA) is 64.6 Å². The maximum atomic E-state index is 13.1. The fourth-order valence-electron chi connectivity index (χ4n) is 2.77. The van der Waals surface area contributed by atoms with E-state index in [0.717, 1.165) is 5.56 Å². The molecule has 1 aliphatic rings. The van der Waals surface area contributed by atoms with Crippen molar-refractivity contribution in [3.63, 3.8) is 0 Å². The van der Waals surface area contributed by atoms with Gasteiger partial charge in [-0.25, -0.2) is 4.39 Å². The van der Waals surface area contributed by atoms with Crippen molar-refractivity contribution in [1.82, 2.24) is 0 Å². The fraction of sp³-hybridized carbons (Fsp3) is 0.167. The maximum absolute atomic E-state index is 13.1. The van der Waals surface area contributed by atoms with Crippen molar-refractivity contribution >= 4 is 36.1 Å². The molecule has 1 heterocycles. The number of amides is 1. The number of carbonyl (C=O) groups is 1. The Morgan fingerprint density at radius 3 is 2.36 bits per heavy atom. The molecule has 2 aromatic rings. The van der Waals surface area contributed by atoms with Gasteiger partial charge in [0.15, 0.2) is 0 Å². The molecule has 0 aliphatic carbocycles. The Balaban J connectivity index is 2.18. The lowest BCUT2D eigenvalue weighted by molar-refractivity contribution is -0.110. The average Bonchev–Trinajstić information content (AvgIpc) is 2.91. The third-order valence-corrected chi connectivity index (χ3v) is 5.90. The Morgan fingerprint density at radius 2 is 1.76 bits per heavy atom. The first-order valence-corrected chi connectivity index (χ1v) is 9.08. The van der Waals surface area contributed by atoms with Crippen LogP contribution in [-0.4, -0.2) is 20.1 Å². The zero-order valence-electron chi connectivity index (χ0n) is 14.0. The quantitative estimate of drug-likeness (QED) is 0.666. The molecule has 25 heavy (non-hydrogen) atoms. The summed E-state index contributed by atoms with van der Waals surface area (Å²) in [6, 6.07) is 9.31. The number of rotatable bonds is 4. The second-order valence-corrected chi connectivity index (χ2v) is 7.84. The Labute approximate surface area is 145 Å². The van der Waals surface area contributed by atoms with Gasteiger partial charge in [0.05, 0.1) is 11.0 Å². The minimum atomic E-state index is -3.54. The number of aryl methyl sites for hydroxylation is 1. The first kappa shape index (κ1) is 17.5. The molecule has 0 spiro atoms. The normalized spacial score (nSPS) is 15.4. The van der Waals surface area contributed by atoms with Crippen LogP contribution in [0.25, 0.3) is 11.6 Å². The SMILES string of the molecule is COP(=O)(OC)c1cc(C)cc2c1NC(=O)C2=Cc1ccc(F)cc1. The van der Waals surface area contributed by atoms with E-state index in [4.69, 9.17) is 9.05 Å². The van der Waals surface area contributed by atoms with Crippen molar-refractivity contribution in [2.24, 2.45) is 0 Å². The second-order valence-electron chi connectivity index (χ2n) is 5.63. The van der Waals surface area contributed by atoms with Crippen molar-refractivity contribution in [2.45, 2.75) is 6.92 Å². The summed E-state index contributed by atoms with van der Waals surface area (Å²) in [6.07, 6.45) is 1.66. The highest BCUT2D eigenvalue weighted by atomic mass is 31.2. The number of halogens is 1. The molecule has 1 aliphatic heterocycles. The summed E-state index contributed by atoms with van der Waals surface area (Å²) in [7, 11) is -0.942. The highest BCUT2D eigenvalue weighted by Gasteiger charge is 2.35. The van der Waals surface area contributed by atoms with Crippen LogP contribution < -0.4 is 10.6 Å². The lowest BCUT2D eigenvalue weighted by Gasteiger charge is -2.17. The summed E-state index contributed by atoms with van der Waals surface area (Å²) >= 11 is 0. The van der Waals surface area contributed by atoms with E-state index in [0.29, 0.717) is 27.7 Å². The highest BCUT2D eigenvalue weighted by Crippen LogP contribution is 2.50. The van der Waals surface area contributed by atoms with E-state index in [9.17, 15) is 13.8 Å². The first-order valence-electron chi connectivity index (χ1n) is 7.53. The van der Waals surface area contributed by atoms with Gasteiger partial charge in [-0.05, 0) is 48.4 Å². The fourth-order valence-corrected chi connectivity index (χ4v) is 4.12. The predicted molar refractivity (Wildman–Crippen MR) is 95.3 cm³/mol. The second kappa shape index (κ2) is 6.56. The van der Waals surface area contributed by atoms with Gasteiger partial charge in [-0.3, -0.25) is 9.36 Å². The van der Waals surface area contributed by atoms with Crippen LogP contribution in [0.4, 0.5) is 10.1 Å². The lowest BCUT2D eigenvalue weighted by atomic mass is 10.0. The lowest BCUT2D eigenvalue weighted by Crippen LogP contribution is -2.15. The molecule has 0 aromatic heterocycles. The molecule has 0 bridgehead atoms. The number of hydrogen-bond donors (Lipinski definition) is 1. The third-order valence-electron chi connectivity index (χ3n) is 3.99. The molecule has 7 heteroatoms. The van der Waals surface area contributed by atoms with Gasteiger partial charge in [0.25, 0.3) is 5.91 Å². The Kier molecular flexibility index (Phi) is 4.60. The van der Waals surface area contributed by atoms with Crippen LogP contribution in [-0.2, 0) is 18.4 Å². The van der Waals surface area contributed by atoms with Gasteiger partial charge in [0, 0.05) is 25.4 Å². The number of fused-ring (bicyclic) bond motifs is 1. The molecule has 0 saturated heterocycles. The Hall–Kier alpha value is -2.27. The summed E-state index contributed by atoms with van der Waals surface area (Å²) in [6.45, 7) is 1.83. The smallest absolute Gasteiger partial charge is 0.321 e. The summed E-state index contributed by atoms with van der Waals surface area (Å²) in [5.41, 5.74) is 2.92. The minimum absolute atomic E-state index is 0.309. The van der Waals surface area contributed by atoms with Gasteiger partial charge in [-0.1, -0.05) is 12.1 Å². The number of hydrogen-bond acceptors (Lipinski definition) is 4. The monoisotopic (exact) mass is 361 g/mol. The zero-order valence-corrected chi connectivity index (χ0v) is 14.9. The summed E-state index contributed by atoms with van der Waals surface area (Å²) < 4.78 is 36.0. The van der Waals surface area contributed by atoms with Gasteiger partial charge in [-0.15, -0.1) is 0 Å². The summed E-state index contributed by atoms with van der Waals surface area (Å²) in [4.78, 5) is 12.4. The standard InChI is InChI=1S/C18H17FNO4P/c1-11-8-14-15(10-12-4-6-13(19)7-5-12)18(21)20-17(14)16(9-11)25(22,23-2)24-3/h4-10H,1-3H3,(H,20,21). The molecule has 2 aromatic carbocycles. The van der Waals surface area contributed by atoms with E-state index < -0.39 is 7.60 Å². The van der Waals surface area contributed by atoms with E-state index in [1.165, 1.54) is 26.4 Å².